The van der Waals surface area contributed by atoms with Gasteiger partial charge in [-0.25, -0.2) is 0 Å². The number of hydrogen-bond acceptors (Lipinski definition) is 3. The summed E-state index contributed by atoms with van der Waals surface area (Å²) in [5.41, 5.74) is -0.835. The van der Waals surface area contributed by atoms with Crippen LogP contribution >= 0.6 is 7.37 Å². The molecule has 6 nitrogen and oxygen atoms in total. The van der Waals surface area contributed by atoms with Gasteiger partial charge in [-0.3, -0.25) is 14.2 Å². The molecule has 0 amide bonds. The molecule has 0 aromatic heterocycles. The van der Waals surface area contributed by atoms with Crippen LogP contribution in [-0.2, 0) is 14.2 Å². The lowest BCUT2D eigenvalue weighted by Gasteiger charge is -2.32. The van der Waals surface area contributed by atoms with Crippen molar-refractivity contribution in [3.63, 3.8) is 0 Å². The molecule has 1 fully saturated rings. The minimum absolute atomic E-state index is 0.0866. The molecule has 1 rings (SSSR count). The summed E-state index contributed by atoms with van der Waals surface area (Å²) in [7, 11) is -3.66. The van der Waals surface area contributed by atoms with E-state index in [2.05, 4.69) is 0 Å². The molecule has 3 N–H and O–H groups in total. The molecule has 146 valence electrons. The summed E-state index contributed by atoms with van der Waals surface area (Å²) < 4.78 is 13.1. The third-order valence-corrected chi connectivity index (χ3v) is 8.01. The summed E-state index contributed by atoms with van der Waals surface area (Å²) in [6, 6.07) is 0. The SMILES string of the molecule is CCCCCC(C(CCC(=O)O)C(=O)O)P(=O)(O)CC1CCCCC1. The predicted octanol–water partition coefficient (Wildman–Crippen LogP) is 4.35. The van der Waals surface area contributed by atoms with Crippen molar-refractivity contribution in [3.8, 4) is 0 Å². The standard InChI is InChI=1S/C18H33O6P/c1-2-3-5-10-16(15(18(21)22)11-12-17(19)20)25(23,24)13-14-8-6-4-7-9-14/h14-16H,2-13H2,1H3,(H,19,20)(H,21,22)(H,23,24). The maximum Gasteiger partial charge on any atom is 0.307 e. The van der Waals surface area contributed by atoms with E-state index in [4.69, 9.17) is 5.11 Å². The smallest absolute Gasteiger partial charge is 0.307 e. The van der Waals surface area contributed by atoms with Crippen molar-refractivity contribution in [2.75, 3.05) is 6.16 Å². The number of carboxylic acid groups (broad SMARTS) is 2. The van der Waals surface area contributed by atoms with E-state index in [-0.39, 0.29) is 24.9 Å². The highest BCUT2D eigenvalue weighted by Crippen LogP contribution is 2.55. The van der Waals surface area contributed by atoms with Crippen LogP contribution < -0.4 is 0 Å². The van der Waals surface area contributed by atoms with Crippen LogP contribution in [0.4, 0.5) is 0 Å². The van der Waals surface area contributed by atoms with E-state index in [1.807, 2.05) is 6.92 Å². The third kappa shape index (κ3) is 7.91. The van der Waals surface area contributed by atoms with Gasteiger partial charge in [0.2, 0.25) is 7.37 Å². The first-order valence-electron chi connectivity index (χ1n) is 9.54. The van der Waals surface area contributed by atoms with Crippen molar-refractivity contribution in [1.29, 1.82) is 0 Å². The van der Waals surface area contributed by atoms with E-state index in [0.717, 1.165) is 44.9 Å². The molecular weight excluding hydrogens is 343 g/mol. The summed E-state index contributed by atoms with van der Waals surface area (Å²) in [5.74, 6) is -3.10. The highest BCUT2D eigenvalue weighted by Gasteiger charge is 2.41. The summed E-state index contributed by atoms with van der Waals surface area (Å²) in [6.07, 6.45) is 7.85. The lowest BCUT2D eigenvalue weighted by molar-refractivity contribution is -0.143. The van der Waals surface area contributed by atoms with Crippen LogP contribution in [0.25, 0.3) is 0 Å². The van der Waals surface area contributed by atoms with Gasteiger partial charge >= 0.3 is 11.9 Å². The zero-order valence-electron chi connectivity index (χ0n) is 15.2. The molecule has 0 spiro atoms. The fourth-order valence-electron chi connectivity index (χ4n) is 3.92. The second-order valence-corrected chi connectivity index (χ2v) is 9.92. The molecule has 3 atom stereocenters. The quantitative estimate of drug-likeness (QED) is 0.345. The second kappa shape index (κ2) is 11.0. The number of carboxylic acids is 2. The minimum atomic E-state index is -3.66. The van der Waals surface area contributed by atoms with Crippen LogP contribution in [0, 0.1) is 11.8 Å². The Labute approximate surface area is 150 Å². The summed E-state index contributed by atoms with van der Waals surface area (Å²) in [5, 5.41) is 18.4. The molecule has 0 saturated heterocycles. The van der Waals surface area contributed by atoms with Gasteiger partial charge in [0.05, 0.1) is 5.92 Å². The average molecular weight is 376 g/mol. The Morgan fingerprint density at radius 3 is 2.24 bits per heavy atom. The topological polar surface area (TPSA) is 112 Å². The van der Waals surface area contributed by atoms with E-state index < -0.39 is 30.9 Å². The minimum Gasteiger partial charge on any atom is -0.481 e. The number of hydrogen-bond donors (Lipinski definition) is 3. The Morgan fingerprint density at radius 2 is 1.72 bits per heavy atom. The van der Waals surface area contributed by atoms with Gasteiger partial charge < -0.3 is 15.1 Å². The molecule has 25 heavy (non-hydrogen) atoms. The van der Waals surface area contributed by atoms with Crippen LogP contribution in [0.15, 0.2) is 0 Å². The first-order valence-corrected chi connectivity index (χ1v) is 11.5. The van der Waals surface area contributed by atoms with E-state index in [0.29, 0.717) is 12.8 Å². The van der Waals surface area contributed by atoms with E-state index >= 15 is 0 Å². The number of aliphatic carboxylic acids is 2. The Kier molecular flexibility index (Phi) is 9.73. The molecule has 0 aromatic rings. The second-order valence-electron chi connectivity index (χ2n) is 7.38. The molecule has 1 aliphatic rings. The molecule has 3 unspecified atom stereocenters. The first-order chi connectivity index (χ1) is 11.8. The van der Waals surface area contributed by atoms with Gasteiger partial charge in [-0.1, -0.05) is 45.4 Å². The molecule has 0 aliphatic heterocycles. The number of rotatable bonds is 12. The van der Waals surface area contributed by atoms with Gasteiger partial charge in [0, 0.05) is 18.2 Å². The van der Waals surface area contributed by atoms with Crippen molar-refractivity contribution in [3.05, 3.63) is 0 Å². The Morgan fingerprint density at radius 1 is 1.08 bits per heavy atom. The van der Waals surface area contributed by atoms with Crippen molar-refractivity contribution in [2.24, 2.45) is 11.8 Å². The summed E-state index contributed by atoms with van der Waals surface area (Å²) in [4.78, 5) is 33.3. The molecule has 0 bridgehead atoms. The normalized spacial score (nSPS) is 20.6. The van der Waals surface area contributed by atoms with Crippen molar-refractivity contribution >= 4 is 19.3 Å². The van der Waals surface area contributed by atoms with E-state index in [1.165, 1.54) is 0 Å². The van der Waals surface area contributed by atoms with Crippen LogP contribution in [0.3, 0.4) is 0 Å². The van der Waals surface area contributed by atoms with Gasteiger partial charge in [0.15, 0.2) is 0 Å². The van der Waals surface area contributed by atoms with Crippen LogP contribution in [-0.4, -0.2) is 38.9 Å². The Bertz CT molecular complexity index is 472. The van der Waals surface area contributed by atoms with Gasteiger partial charge in [0.1, 0.15) is 0 Å². The number of carbonyl (C=O) groups is 2. The lowest BCUT2D eigenvalue weighted by atomic mass is 9.91. The van der Waals surface area contributed by atoms with Crippen molar-refractivity contribution < 1.29 is 29.3 Å². The highest BCUT2D eigenvalue weighted by atomic mass is 31.2. The predicted molar refractivity (Wildman–Crippen MR) is 97.2 cm³/mol. The van der Waals surface area contributed by atoms with Gasteiger partial charge in [-0.15, -0.1) is 0 Å². The summed E-state index contributed by atoms with van der Waals surface area (Å²) >= 11 is 0. The fourth-order valence-corrected chi connectivity index (χ4v) is 6.72. The zero-order valence-corrected chi connectivity index (χ0v) is 16.1. The van der Waals surface area contributed by atoms with Gasteiger partial charge in [-0.2, -0.15) is 0 Å². The van der Waals surface area contributed by atoms with Crippen molar-refractivity contribution in [2.45, 2.75) is 83.2 Å². The Balaban J connectivity index is 2.90. The van der Waals surface area contributed by atoms with Crippen LogP contribution in [0.2, 0.25) is 0 Å². The molecule has 0 heterocycles. The number of unbranched alkanes of at least 4 members (excludes halogenated alkanes) is 2. The molecule has 1 aliphatic carbocycles. The zero-order chi connectivity index (χ0) is 18.9. The van der Waals surface area contributed by atoms with E-state index in [9.17, 15) is 24.2 Å². The molecule has 0 aromatic carbocycles. The molecule has 0 radical (unpaired) electrons. The van der Waals surface area contributed by atoms with E-state index in [1.54, 1.807) is 0 Å². The maximum absolute atomic E-state index is 13.1. The van der Waals surface area contributed by atoms with Gasteiger partial charge in [-0.05, 0) is 31.6 Å². The summed E-state index contributed by atoms with van der Waals surface area (Å²) in [6.45, 7) is 2.02. The lowest BCUT2D eigenvalue weighted by Crippen LogP contribution is -2.31. The molecule has 1 saturated carbocycles. The third-order valence-electron chi connectivity index (χ3n) is 5.32. The van der Waals surface area contributed by atoms with Crippen LogP contribution in [0.1, 0.15) is 77.6 Å². The largest absolute Gasteiger partial charge is 0.481 e. The monoisotopic (exact) mass is 376 g/mol. The molecule has 7 heteroatoms. The van der Waals surface area contributed by atoms with Crippen molar-refractivity contribution in [1.82, 2.24) is 0 Å². The fraction of sp³-hybridized carbons (Fsp3) is 0.889. The Hall–Kier alpha value is -0.870. The average Bonchev–Trinajstić information content (AvgIpc) is 2.53. The van der Waals surface area contributed by atoms with Gasteiger partial charge in [0.25, 0.3) is 0 Å². The highest BCUT2D eigenvalue weighted by molar-refractivity contribution is 7.58. The molecular formula is C18H33O6P. The first kappa shape index (κ1) is 22.2. The maximum atomic E-state index is 13.1. The van der Waals surface area contributed by atoms with Crippen LogP contribution in [0.5, 0.6) is 0 Å².